The third-order valence-electron chi connectivity index (χ3n) is 2.66. The van der Waals surface area contributed by atoms with Gasteiger partial charge >= 0.3 is 0 Å². The number of nitrogens with one attached hydrogen (secondary N) is 1. The Hall–Kier alpha value is -0.280. The maximum atomic E-state index is 3.39. The van der Waals surface area contributed by atoms with E-state index in [4.69, 9.17) is 0 Å². The van der Waals surface area contributed by atoms with Crippen molar-refractivity contribution in [2.75, 3.05) is 20.6 Å². The fraction of sp³-hybridized carbons (Fsp3) is 0.500. The van der Waals surface area contributed by atoms with Crippen LogP contribution in [0.25, 0.3) is 0 Å². The Morgan fingerprint density at radius 2 is 1.94 bits per heavy atom. The predicted octanol–water partition coefficient (Wildman–Crippen LogP) is 2.24. The van der Waals surface area contributed by atoms with Gasteiger partial charge in [0.1, 0.15) is 0 Å². The van der Waals surface area contributed by atoms with Crippen molar-refractivity contribution < 1.29 is 0 Å². The van der Waals surface area contributed by atoms with Gasteiger partial charge in [-0.25, -0.2) is 0 Å². The lowest BCUT2D eigenvalue weighted by molar-refractivity contribution is 0.402. The zero-order valence-corrected chi connectivity index (χ0v) is 11.5. The number of benzene rings is 1. The van der Waals surface area contributed by atoms with Crippen molar-refractivity contribution in [3.8, 4) is 0 Å². The summed E-state index contributed by atoms with van der Waals surface area (Å²) in [6, 6.07) is 6.86. The van der Waals surface area contributed by atoms with E-state index in [0.717, 1.165) is 19.6 Å². The number of hydrogen-bond acceptors (Lipinski definition) is 2. The summed E-state index contributed by atoms with van der Waals surface area (Å²) in [6.07, 6.45) is 1.18. The van der Waals surface area contributed by atoms with Crippen molar-refractivity contribution in [2.45, 2.75) is 19.5 Å². The molecule has 92 valence electrons. The van der Waals surface area contributed by atoms with Gasteiger partial charge in [-0.3, -0.25) is 0 Å². The quantitative estimate of drug-likeness (QED) is 0.880. The second-order valence-electron chi connectivity index (χ2n) is 4.27. The molecule has 0 bridgehead atoms. The lowest BCUT2D eigenvalue weighted by atomic mass is 9.98. The number of halogens is 2. The second kappa shape index (κ2) is 7.13. The molecule has 0 radical (unpaired) electrons. The van der Waals surface area contributed by atoms with Crippen LogP contribution >= 0.6 is 24.8 Å². The second-order valence-corrected chi connectivity index (χ2v) is 4.27. The molecule has 1 heterocycles. The summed E-state index contributed by atoms with van der Waals surface area (Å²) < 4.78 is 0. The summed E-state index contributed by atoms with van der Waals surface area (Å²) in [5, 5.41) is 3.39. The first kappa shape index (κ1) is 15.7. The zero-order valence-electron chi connectivity index (χ0n) is 9.82. The van der Waals surface area contributed by atoms with Gasteiger partial charge in [-0.15, -0.1) is 24.8 Å². The minimum Gasteiger partial charge on any atom is -0.312 e. The lowest BCUT2D eigenvalue weighted by Crippen LogP contribution is -2.23. The van der Waals surface area contributed by atoms with E-state index >= 15 is 0 Å². The molecular formula is C12H20Cl2N2. The SMILES string of the molecule is CN(C)Cc1ccc2c(c1)CCNC2.Cl.Cl. The van der Waals surface area contributed by atoms with Gasteiger partial charge in [0.25, 0.3) is 0 Å². The highest BCUT2D eigenvalue weighted by molar-refractivity contribution is 5.85. The smallest absolute Gasteiger partial charge is 0.0227 e. The van der Waals surface area contributed by atoms with Gasteiger partial charge in [0.15, 0.2) is 0 Å². The van der Waals surface area contributed by atoms with E-state index in [0.29, 0.717) is 0 Å². The standard InChI is InChI=1S/C12H18N2.2ClH/c1-14(2)9-10-3-4-12-8-13-6-5-11(12)7-10;;/h3-4,7,13H,5-6,8-9H2,1-2H3;2*1H. The van der Waals surface area contributed by atoms with Crippen LogP contribution in [0.4, 0.5) is 0 Å². The van der Waals surface area contributed by atoms with E-state index in [2.05, 4.69) is 42.5 Å². The van der Waals surface area contributed by atoms with Gasteiger partial charge in [0, 0.05) is 13.1 Å². The summed E-state index contributed by atoms with van der Waals surface area (Å²) in [5.41, 5.74) is 4.43. The molecule has 0 aliphatic carbocycles. The van der Waals surface area contributed by atoms with Crippen molar-refractivity contribution in [3.05, 3.63) is 34.9 Å². The fourth-order valence-electron chi connectivity index (χ4n) is 1.99. The van der Waals surface area contributed by atoms with Crippen molar-refractivity contribution in [1.82, 2.24) is 10.2 Å². The van der Waals surface area contributed by atoms with E-state index in [9.17, 15) is 0 Å². The molecule has 16 heavy (non-hydrogen) atoms. The van der Waals surface area contributed by atoms with Crippen LogP contribution in [-0.2, 0) is 19.5 Å². The van der Waals surface area contributed by atoms with Gasteiger partial charge in [-0.05, 0) is 43.8 Å². The molecule has 0 saturated heterocycles. The third kappa shape index (κ3) is 3.95. The summed E-state index contributed by atoms with van der Waals surface area (Å²) >= 11 is 0. The maximum Gasteiger partial charge on any atom is 0.0227 e. The molecule has 0 spiro atoms. The Morgan fingerprint density at radius 1 is 1.19 bits per heavy atom. The van der Waals surface area contributed by atoms with E-state index in [1.165, 1.54) is 23.1 Å². The van der Waals surface area contributed by atoms with Crippen LogP contribution in [0, 0.1) is 0 Å². The molecule has 0 amide bonds. The van der Waals surface area contributed by atoms with Crippen LogP contribution in [0.5, 0.6) is 0 Å². The summed E-state index contributed by atoms with van der Waals surface area (Å²) in [5.74, 6) is 0. The minimum absolute atomic E-state index is 0. The molecule has 1 N–H and O–H groups in total. The van der Waals surface area contributed by atoms with Gasteiger partial charge in [-0.2, -0.15) is 0 Å². The molecule has 1 aliphatic heterocycles. The van der Waals surface area contributed by atoms with Crippen LogP contribution in [0.15, 0.2) is 18.2 Å². The van der Waals surface area contributed by atoms with Crippen LogP contribution in [0.1, 0.15) is 16.7 Å². The molecule has 1 aliphatic rings. The van der Waals surface area contributed by atoms with E-state index in [1.807, 2.05) is 0 Å². The molecule has 0 unspecified atom stereocenters. The maximum absolute atomic E-state index is 3.39. The van der Waals surface area contributed by atoms with Gasteiger partial charge in [-0.1, -0.05) is 18.2 Å². The molecule has 1 aromatic rings. The Kier molecular flexibility index (Phi) is 7.00. The van der Waals surface area contributed by atoms with Crippen LogP contribution in [0.2, 0.25) is 0 Å². The third-order valence-corrected chi connectivity index (χ3v) is 2.66. The first-order chi connectivity index (χ1) is 6.75. The first-order valence-electron chi connectivity index (χ1n) is 5.22. The van der Waals surface area contributed by atoms with Crippen LogP contribution in [-0.4, -0.2) is 25.5 Å². The summed E-state index contributed by atoms with van der Waals surface area (Å²) in [4.78, 5) is 2.21. The lowest BCUT2D eigenvalue weighted by Gasteiger charge is -2.18. The minimum atomic E-state index is 0. The number of hydrogen-bond donors (Lipinski definition) is 1. The average molecular weight is 263 g/mol. The fourth-order valence-corrected chi connectivity index (χ4v) is 1.99. The van der Waals surface area contributed by atoms with E-state index in [1.54, 1.807) is 0 Å². The molecule has 2 rings (SSSR count). The van der Waals surface area contributed by atoms with Gasteiger partial charge < -0.3 is 10.2 Å². The number of rotatable bonds is 2. The normalized spacial score (nSPS) is 13.7. The largest absolute Gasteiger partial charge is 0.312 e. The molecule has 0 fully saturated rings. The van der Waals surface area contributed by atoms with Crippen LogP contribution < -0.4 is 5.32 Å². The Labute approximate surface area is 110 Å². The molecule has 4 heteroatoms. The monoisotopic (exact) mass is 262 g/mol. The first-order valence-corrected chi connectivity index (χ1v) is 5.22. The highest BCUT2D eigenvalue weighted by Crippen LogP contribution is 2.16. The van der Waals surface area contributed by atoms with E-state index < -0.39 is 0 Å². The van der Waals surface area contributed by atoms with Gasteiger partial charge in [0.2, 0.25) is 0 Å². The van der Waals surface area contributed by atoms with Crippen molar-refractivity contribution in [2.24, 2.45) is 0 Å². The Balaban J connectivity index is 0.00000112. The predicted molar refractivity (Wildman–Crippen MR) is 73.7 cm³/mol. The molecule has 0 aromatic heterocycles. The van der Waals surface area contributed by atoms with Crippen LogP contribution in [0.3, 0.4) is 0 Å². The summed E-state index contributed by atoms with van der Waals surface area (Å²) in [6.45, 7) is 3.21. The molecule has 1 aromatic carbocycles. The van der Waals surface area contributed by atoms with Crippen molar-refractivity contribution >= 4 is 24.8 Å². The van der Waals surface area contributed by atoms with Crippen molar-refractivity contribution in [3.63, 3.8) is 0 Å². The Morgan fingerprint density at radius 3 is 2.62 bits per heavy atom. The molecule has 0 saturated carbocycles. The van der Waals surface area contributed by atoms with Gasteiger partial charge in [0.05, 0.1) is 0 Å². The van der Waals surface area contributed by atoms with E-state index in [-0.39, 0.29) is 24.8 Å². The highest BCUT2D eigenvalue weighted by atomic mass is 35.5. The summed E-state index contributed by atoms with van der Waals surface area (Å²) in [7, 11) is 4.22. The number of fused-ring (bicyclic) bond motifs is 1. The highest BCUT2D eigenvalue weighted by Gasteiger charge is 2.08. The zero-order chi connectivity index (χ0) is 9.97. The molecular weight excluding hydrogens is 243 g/mol. The van der Waals surface area contributed by atoms with Crippen molar-refractivity contribution in [1.29, 1.82) is 0 Å². The number of nitrogens with zero attached hydrogens (tertiary/aromatic N) is 1. The average Bonchev–Trinajstić information content (AvgIpc) is 2.17. The molecule has 0 atom stereocenters. The molecule has 2 nitrogen and oxygen atoms in total. The Bertz CT molecular complexity index is 327. The topological polar surface area (TPSA) is 15.3 Å².